The quantitative estimate of drug-likeness (QED) is 0.743. The molecular formula is C8H8ClN5. The summed E-state index contributed by atoms with van der Waals surface area (Å²) in [4.78, 5) is 9.91. The molecule has 72 valence electrons. The second-order valence-electron chi connectivity index (χ2n) is 2.87. The van der Waals surface area contributed by atoms with Gasteiger partial charge in [-0.25, -0.2) is 9.97 Å². The summed E-state index contributed by atoms with van der Waals surface area (Å²) in [5.74, 6) is 0.739. The third kappa shape index (κ3) is 1.44. The van der Waals surface area contributed by atoms with Gasteiger partial charge in [-0.05, 0) is 0 Å². The lowest BCUT2D eigenvalue weighted by atomic mass is 10.4. The average molecular weight is 210 g/mol. The van der Waals surface area contributed by atoms with Crippen molar-refractivity contribution in [1.82, 2.24) is 9.97 Å². The maximum atomic E-state index is 8.48. The first-order valence-electron chi connectivity index (χ1n) is 4.19. The van der Waals surface area contributed by atoms with E-state index in [1.807, 2.05) is 4.90 Å². The molecular weight excluding hydrogens is 202 g/mol. The fourth-order valence-electron chi connectivity index (χ4n) is 1.39. The van der Waals surface area contributed by atoms with Crippen LogP contribution in [0.2, 0.25) is 5.15 Å². The van der Waals surface area contributed by atoms with E-state index in [2.05, 4.69) is 21.4 Å². The van der Waals surface area contributed by atoms with Crippen LogP contribution in [0.25, 0.3) is 0 Å². The maximum Gasteiger partial charge on any atom is 0.158 e. The van der Waals surface area contributed by atoms with Crippen molar-refractivity contribution in [3.8, 4) is 6.07 Å². The second-order valence-corrected chi connectivity index (χ2v) is 3.23. The zero-order valence-corrected chi connectivity index (χ0v) is 8.12. The molecule has 14 heavy (non-hydrogen) atoms. The smallest absolute Gasteiger partial charge is 0.158 e. The number of anilines is 2. The highest BCUT2D eigenvalue weighted by molar-refractivity contribution is 6.32. The molecule has 0 spiro atoms. The number of hydrogen-bond acceptors (Lipinski definition) is 5. The zero-order chi connectivity index (χ0) is 9.97. The predicted octanol–water partition coefficient (Wildman–Crippen LogP) is 1.23. The van der Waals surface area contributed by atoms with Gasteiger partial charge in [-0.1, -0.05) is 11.6 Å². The van der Waals surface area contributed by atoms with Crippen LogP contribution in [-0.2, 0) is 0 Å². The summed E-state index contributed by atoms with van der Waals surface area (Å²) < 4.78 is 0. The van der Waals surface area contributed by atoms with Gasteiger partial charge in [0.1, 0.15) is 12.0 Å². The first-order valence-corrected chi connectivity index (χ1v) is 4.57. The summed E-state index contributed by atoms with van der Waals surface area (Å²) in [5, 5.41) is 12.0. The highest BCUT2D eigenvalue weighted by atomic mass is 35.5. The third-order valence-electron chi connectivity index (χ3n) is 2.02. The van der Waals surface area contributed by atoms with E-state index in [4.69, 9.17) is 16.9 Å². The third-order valence-corrected chi connectivity index (χ3v) is 2.30. The molecule has 0 bridgehead atoms. The number of fused-ring (bicyclic) bond motifs is 1. The van der Waals surface area contributed by atoms with Gasteiger partial charge in [0.25, 0.3) is 0 Å². The van der Waals surface area contributed by atoms with Crippen LogP contribution in [0.15, 0.2) is 6.33 Å². The van der Waals surface area contributed by atoms with Gasteiger partial charge in [-0.15, -0.1) is 0 Å². The molecule has 5 nitrogen and oxygen atoms in total. The van der Waals surface area contributed by atoms with Crippen LogP contribution in [0.1, 0.15) is 6.42 Å². The highest BCUT2D eigenvalue weighted by Crippen LogP contribution is 2.34. The second kappa shape index (κ2) is 3.68. The number of nitrogens with one attached hydrogen (secondary N) is 1. The Hall–Kier alpha value is -1.54. The van der Waals surface area contributed by atoms with Crippen molar-refractivity contribution in [2.75, 3.05) is 23.4 Å². The van der Waals surface area contributed by atoms with E-state index < -0.39 is 0 Å². The fraction of sp³-hybridized carbons (Fsp3) is 0.375. The van der Waals surface area contributed by atoms with Gasteiger partial charge >= 0.3 is 0 Å². The van der Waals surface area contributed by atoms with Crippen molar-refractivity contribution in [1.29, 1.82) is 5.26 Å². The highest BCUT2D eigenvalue weighted by Gasteiger charge is 2.22. The van der Waals surface area contributed by atoms with E-state index in [-0.39, 0.29) is 0 Å². The topological polar surface area (TPSA) is 64.8 Å². The lowest BCUT2D eigenvalue weighted by Gasteiger charge is -2.15. The van der Waals surface area contributed by atoms with E-state index in [1.54, 1.807) is 0 Å². The summed E-state index contributed by atoms with van der Waals surface area (Å²) in [6.07, 6.45) is 1.88. The van der Waals surface area contributed by atoms with Crippen molar-refractivity contribution in [3.05, 3.63) is 11.5 Å². The molecule has 1 aliphatic rings. The van der Waals surface area contributed by atoms with Crippen molar-refractivity contribution in [2.45, 2.75) is 6.42 Å². The Bertz CT molecular complexity index is 386. The molecule has 1 aliphatic heterocycles. The average Bonchev–Trinajstić information content (AvgIpc) is 2.59. The van der Waals surface area contributed by atoms with Crippen LogP contribution in [0.3, 0.4) is 0 Å². The number of aromatic nitrogens is 2. The maximum absolute atomic E-state index is 8.48. The minimum absolute atomic E-state index is 0.429. The molecule has 0 fully saturated rings. The Morgan fingerprint density at radius 1 is 1.64 bits per heavy atom. The summed E-state index contributed by atoms with van der Waals surface area (Å²) in [6.45, 7) is 1.28. The lowest BCUT2D eigenvalue weighted by molar-refractivity contribution is 0.861. The molecule has 0 radical (unpaired) electrons. The van der Waals surface area contributed by atoms with E-state index in [0.717, 1.165) is 11.5 Å². The number of nitrogens with zero attached hydrogens (tertiary/aromatic N) is 4. The summed E-state index contributed by atoms with van der Waals surface area (Å²) in [5.41, 5.74) is 0.796. The van der Waals surface area contributed by atoms with Crippen LogP contribution in [0.5, 0.6) is 0 Å². The molecule has 1 aromatic heterocycles. The molecule has 0 unspecified atom stereocenters. The normalized spacial score (nSPS) is 13.3. The molecule has 0 saturated carbocycles. The van der Waals surface area contributed by atoms with Gasteiger partial charge in [0, 0.05) is 6.54 Å². The van der Waals surface area contributed by atoms with E-state index in [1.165, 1.54) is 6.33 Å². The first kappa shape index (κ1) is 9.03. The lowest BCUT2D eigenvalue weighted by Crippen LogP contribution is -2.23. The molecule has 0 atom stereocenters. The van der Waals surface area contributed by atoms with Crippen molar-refractivity contribution in [3.63, 3.8) is 0 Å². The van der Waals surface area contributed by atoms with Crippen LogP contribution < -0.4 is 10.2 Å². The van der Waals surface area contributed by atoms with Gasteiger partial charge in [0.15, 0.2) is 11.0 Å². The van der Waals surface area contributed by atoms with Crippen molar-refractivity contribution < 1.29 is 0 Å². The number of hydrogen-bond donors (Lipinski definition) is 1. The Labute approximate surface area is 86.3 Å². The van der Waals surface area contributed by atoms with Gasteiger partial charge in [-0.2, -0.15) is 5.26 Å². The molecule has 2 heterocycles. The van der Waals surface area contributed by atoms with Crippen LogP contribution in [-0.4, -0.2) is 23.2 Å². The number of halogens is 1. The fourth-order valence-corrected chi connectivity index (χ4v) is 1.64. The molecule has 2 rings (SSSR count). The summed E-state index contributed by atoms with van der Waals surface area (Å²) in [7, 11) is 0. The SMILES string of the molecule is N#CCCN1CNc2ncnc(Cl)c21. The molecule has 6 heteroatoms. The minimum atomic E-state index is 0.429. The zero-order valence-electron chi connectivity index (χ0n) is 7.37. The van der Waals surface area contributed by atoms with E-state index >= 15 is 0 Å². The molecule has 0 saturated heterocycles. The van der Waals surface area contributed by atoms with Gasteiger partial charge in [0.2, 0.25) is 0 Å². The molecule has 0 aromatic carbocycles. The minimum Gasteiger partial charge on any atom is -0.351 e. The Kier molecular flexibility index (Phi) is 2.37. The number of rotatable bonds is 2. The van der Waals surface area contributed by atoms with E-state index in [9.17, 15) is 0 Å². The largest absolute Gasteiger partial charge is 0.351 e. The van der Waals surface area contributed by atoms with Crippen molar-refractivity contribution >= 4 is 23.1 Å². The first-order chi connectivity index (χ1) is 6.83. The molecule has 1 N–H and O–H groups in total. The predicted molar refractivity (Wildman–Crippen MR) is 53.1 cm³/mol. The molecule has 0 amide bonds. The molecule has 0 aliphatic carbocycles. The monoisotopic (exact) mass is 209 g/mol. The van der Waals surface area contributed by atoms with Gasteiger partial charge in [-0.3, -0.25) is 0 Å². The van der Waals surface area contributed by atoms with Crippen LogP contribution in [0.4, 0.5) is 11.5 Å². The van der Waals surface area contributed by atoms with Crippen molar-refractivity contribution in [2.24, 2.45) is 0 Å². The van der Waals surface area contributed by atoms with E-state index in [0.29, 0.717) is 24.8 Å². The standard InChI is InChI=1S/C8H8ClN5/c9-7-6-8(12-4-11-7)13-5-14(6)3-1-2-10/h4H,1,3,5H2,(H,11,12,13). The summed E-state index contributed by atoms with van der Waals surface area (Å²) in [6, 6.07) is 2.09. The van der Waals surface area contributed by atoms with Crippen LogP contribution in [0, 0.1) is 11.3 Å². The Balaban J connectivity index is 2.25. The summed E-state index contributed by atoms with van der Waals surface area (Å²) >= 11 is 5.93. The van der Waals surface area contributed by atoms with Gasteiger partial charge < -0.3 is 10.2 Å². The Morgan fingerprint density at radius 2 is 2.50 bits per heavy atom. The van der Waals surface area contributed by atoms with Crippen LogP contribution >= 0.6 is 11.6 Å². The number of nitriles is 1. The Morgan fingerprint density at radius 3 is 3.29 bits per heavy atom. The molecule has 1 aromatic rings. The van der Waals surface area contributed by atoms with Gasteiger partial charge in [0.05, 0.1) is 19.2 Å².